The van der Waals surface area contributed by atoms with Crippen LogP contribution in [0.25, 0.3) is 11.1 Å². The molecule has 0 N–H and O–H groups in total. The van der Waals surface area contributed by atoms with E-state index in [1.54, 1.807) is 0 Å². The zero-order valence-corrected chi connectivity index (χ0v) is 11.5. The van der Waals surface area contributed by atoms with Crippen LogP contribution < -0.4 is 4.74 Å². The van der Waals surface area contributed by atoms with Crippen LogP contribution >= 0.6 is 0 Å². The average molecular weight is 273 g/mol. The van der Waals surface area contributed by atoms with Crippen molar-refractivity contribution in [3.63, 3.8) is 0 Å². The number of nitrogens with zero attached hydrogens (tertiary/aromatic N) is 1. The van der Waals surface area contributed by atoms with Crippen LogP contribution in [0, 0.1) is 0 Å². The summed E-state index contributed by atoms with van der Waals surface area (Å²) in [4.78, 5) is 4.29. The lowest BCUT2D eigenvalue weighted by Gasteiger charge is -2.02. The molecule has 21 heavy (non-hydrogen) atoms. The van der Waals surface area contributed by atoms with Gasteiger partial charge >= 0.3 is 0 Å². The molecule has 0 aliphatic rings. The summed E-state index contributed by atoms with van der Waals surface area (Å²) in [5.74, 6) is 0.780. The quantitative estimate of drug-likeness (QED) is 0.479. The summed E-state index contributed by atoms with van der Waals surface area (Å²) in [6.07, 6.45) is 1.47. The standard InChI is InChI=1S/C19H15NO/c1-3-7-16(8-4-1)17-11-13-18(14-12-17)20-15-21-19-9-5-2-6-10-19/h1-15H. The Bertz CT molecular complexity index is 704. The normalized spacial score (nSPS) is 10.7. The number of hydrogen-bond acceptors (Lipinski definition) is 2. The van der Waals surface area contributed by atoms with Crippen molar-refractivity contribution >= 4 is 12.1 Å². The van der Waals surface area contributed by atoms with Gasteiger partial charge in [0.25, 0.3) is 0 Å². The van der Waals surface area contributed by atoms with Crippen molar-refractivity contribution in [2.24, 2.45) is 4.99 Å². The molecule has 0 spiro atoms. The van der Waals surface area contributed by atoms with Gasteiger partial charge in [0.2, 0.25) is 0 Å². The zero-order valence-electron chi connectivity index (χ0n) is 11.5. The predicted molar refractivity (Wildman–Crippen MR) is 87.1 cm³/mol. The number of hydrogen-bond donors (Lipinski definition) is 0. The summed E-state index contributed by atoms with van der Waals surface area (Å²) in [7, 11) is 0. The van der Waals surface area contributed by atoms with E-state index in [-0.39, 0.29) is 0 Å². The van der Waals surface area contributed by atoms with E-state index in [1.807, 2.05) is 60.7 Å². The van der Waals surface area contributed by atoms with Crippen LogP contribution in [-0.2, 0) is 0 Å². The van der Waals surface area contributed by atoms with E-state index in [0.29, 0.717) is 0 Å². The predicted octanol–water partition coefficient (Wildman–Crippen LogP) is 5.09. The first-order valence-corrected chi connectivity index (χ1v) is 6.81. The van der Waals surface area contributed by atoms with Crippen LogP contribution in [0.5, 0.6) is 5.75 Å². The van der Waals surface area contributed by atoms with Gasteiger partial charge in [-0.25, -0.2) is 4.99 Å². The maximum atomic E-state index is 5.43. The third kappa shape index (κ3) is 3.57. The summed E-state index contributed by atoms with van der Waals surface area (Å²) < 4.78 is 5.43. The highest BCUT2D eigenvalue weighted by atomic mass is 16.5. The Morgan fingerprint density at radius 3 is 1.86 bits per heavy atom. The van der Waals surface area contributed by atoms with E-state index in [2.05, 4.69) is 29.3 Å². The number of ether oxygens (including phenoxy) is 1. The van der Waals surface area contributed by atoms with Crippen molar-refractivity contribution in [1.82, 2.24) is 0 Å². The first-order valence-electron chi connectivity index (χ1n) is 6.81. The van der Waals surface area contributed by atoms with Gasteiger partial charge in [-0.05, 0) is 35.4 Å². The second kappa shape index (κ2) is 6.53. The fourth-order valence-electron chi connectivity index (χ4n) is 2.02. The maximum Gasteiger partial charge on any atom is 0.181 e. The van der Waals surface area contributed by atoms with Crippen LogP contribution in [0.1, 0.15) is 0 Å². The minimum Gasteiger partial charge on any atom is -0.446 e. The smallest absolute Gasteiger partial charge is 0.181 e. The Morgan fingerprint density at radius 1 is 0.619 bits per heavy atom. The van der Waals surface area contributed by atoms with Gasteiger partial charge in [-0.1, -0.05) is 60.7 Å². The fourth-order valence-corrected chi connectivity index (χ4v) is 2.02. The lowest BCUT2D eigenvalue weighted by atomic mass is 10.1. The van der Waals surface area contributed by atoms with Crippen molar-refractivity contribution in [1.29, 1.82) is 0 Å². The summed E-state index contributed by atoms with van der Waals surface area (Å²) >= 11 is 0. The van der Waals surface area contributed by atoms with Gasteiger partial charge < -0.3 is 4.74 Å². The molecule has 0 saturated heterocycles. The Balaban J connectivity index is 1.67. The largest absolute Gasteiger partial charge is 0.446 e. The Kier molecular flexibility index (Phi) is 4.08. The molecule has 0 aromatic heterocycles. The van der Waals surface area contributed by atoms with E-state index in [4.69, 9.17) is 4.74 Å². The van der Waals surface area contributed by atoms with Gasteiger partial charge in [0.1, 0.15) is 5.75 Å². The second-order valence-electron chi connectivity index (χ2n) is 4.58. The van der Waals surface area contributed by atoms with Crippen molar-refractivity contribution in [2.75, 3.05) is 0 Å². The molecule has 0 bridgehead atoms. The van der Waals surface area contributed by atoms with Crippen LogP contribution in [0.15, 0.2) is 89.9 Å². The summed E-state index contributed by atoms with van der Waals surface area (Å²) in [5, 5.41) is 0. The van der Waals surface area contributed by atoms with Gasteiger partial charge in [-0.15, -0.1) is 0 Å². The fraction of sp³-hybridized carbons (Fsp3) is 0. The first-order chi connectivity index (χ1) is 10.4. The third-order valence-electron chi connectivity index (χ3n) is 3.11. The highest BCUT2D eigenvalue weighted by Crippen LogP contribution is 2.22. The van der Waals surface area contributed by atoms with E-state index >= 15 is 0 Å². The monoisotopic (exact) mass is 273 g/mol. The molecule has 3 aromatic rings. The first kappa shape index (κ1) is 13.1. The van der Waals surface area contributed by atoms with Crippen molar-refractivity contribution in [3.05, 3.63) is 84.9 Å². The van der Waals surface area contributed by atoms with Gasteiger partial charge in [-0.3, -0.25) is 0 Å². The lowest BCUT2D eigenvalue weighted by molar-refractivity contribution is 0.574. The molecule has 2 heteroatoms. The van der Waals surface area contributed by atoms with E-state index in [0.717, 1.165) is 11.4 Å². The SMILES string of the molecule is C(=Nc1ccc(-c2ccccc2)cc1)Oc1ccccc1. The van der Waals surface area contributed by atoms with Gasteiger partial charge in [-0.2, -0.15) is 0 Å². The summed E-state index contributed by atoms with van der Waals surface area (Å²) in [6.45, 7) is 0. The number of para-hydroxylation sites is 1. The van der Waals surface area contributed by atoms with Crippen molar-refractivity contribution < 1.29 is 4.74 Å². The molecule has 0 saturated carbocycles. The Hall–Kier alpha value is -2.87. The average Bonchev–Trinajstić information content (AvgIpc) is 2.57. The summed E-state index contributed by atoms with van der Waals surface area (Å²) in [5.41, 5.74) is 3.25. The van der Waals surface area contributed by atoms with Gasteiger partial charge in [0.15, 0.2) is 6.40 Å². The molecule has 0 fully saturated rings. The van der Waals surface area contributed by atoms with Crippen molar-refractivity contribution in [2.45, 2.75) is 0 Å². The highest BCUT2D eigenvalue weighted by molar-refractivity contribution is 5.66. The van der Waals surface area contributed by atoms with Gasteiger partial charge in [0.05, 0.1) is 5.69 Å². The number of rotatable bonds is 4. The number of aliphatic imine (C=N–C) groups is 1. The minimum atomic E-state index is 0.780. The minimum absolute atomic E-state index is 0.780. The van der Waals surface area contributed by atoms with Crippen LogP contribution in [0.3, 0.4) is 0 Å². The van der Waals surface area contributed by atoms with E-state index < -0.39 is 0 Å². The van der Waals surface area contributed by atoms with E-state index in [1.165, 1.54) is 17.5 Å². The molecular formula is C19H15NO. The van der Waals surface area contributed by atoms with Crippen LogP contribution in [0.4, 0.5) is 5.69 Å². The van der Waals surface area contributed by atoms with E-state index in [9.17, 15) is 0 Å². The molecule has 102 valence electrons. The number of benzene rings is 3. The maximum absolute atomic E-state index is 5.43. The molecule has 0 atom stereocenters. The van der Waals surface area contributed by atoms with Crippen molar-refractivity contribution in [3.8, 4) is 16.9 Å². The molecule has 0 aliphatic carbocycles. The molecular weight excluding hydrogens is 258 g/mol. The van der Waals surface area contributed by atoms with Gasteiger partial charge in [0, 0.05) is 0 Å². The molecule has 3 aromatic carbocycles. The molecule has 2 nitrogen and oxygen atoms in total. The zero-order chi connectivity index (χ0) is 14.3. The van der Waals surface area contributed by atoms with Crippen LogP contribution in [-0.4, -0.2) is 6.40 Å². The topological polar surface area (TPSA) is 21.6 Å². The molecule has 3 rings (SSSR count). The third-order valence-corrected chi connectivity index (χ3v) is 3.11. The molecule has 0 heterocycles. The van der Waals surface area contributed by atoms with Crippen LogP contribution in [0.2, 0.25) is 0 Å². The summed E-state index contributed by atoms with van der Waals surface area (Å²) in [6, 6.07) is 28.0. The molecule has 0 unspecified atom stereocenters. The lowest BCUT2D eigenvalue weighted by Crippen LogP contribution is -1.88. The second-order valence-corrected chi connectivity index (χ2v) is 4.58. The molecule has 0 aliphatic heterocycles. The highest BCUT2D eigenvalue weighted by Gasteiger charge is 1.96. The Morgan fingerprint density at radius 2 is 1.19 bits per heavy atom. The molecule has 0 radical (unpaired) electrons. The Labute approximate surface area is 124 Å². The molecule has 0 amide bonds.